The van der Waals surface area contributed by atoms with Gasteiger partial charge in [-0.3, -0.25) is 0 Å². The summed E-state index contributed by atoms with van der Waals surface area (Å²) in [7, 11) is 0. The lowest BCUT2D eigenvalue weighted by atomic mass is 9.98. The molecular formula is C36H41N3O4. The molecule has 3 aromatic carbocycles. The van der Waals surface area contributed by atoms with E-state index in [0.29, 0.717) is 37.4 Å². The van der Waals surface area contributed by atoms with Gasteiger partial charge in [0, 0.05) is 37.0 Å². The van der Waals surface area contributed by atoms with Crippen LogP contribution in [0.2, 0.25) is 0 Å². The number of aromatic nitrogens is 1. The van der Waals surface area contributed by atoms with Crippen LogP contribution >= 0.6 is 0 Å². The normalized spacial score (nSPS) is 15.0. The minimum atomic E-state index is -0.493. The van der Waals surface area contributed by atoms with Crippen molar-refractivity contribution in [2.45, 2.75) is 52.4 Å². The molecule has 0 unspecified atom stereocenters. The molecule has 224 valence electrons. The quantitative estimate of drug-likeness (QED) is 0.205. The largest absolute Gasteiger partial charge is 0.473 e. The molecular weight excluding hydrogens is 538 g/mol. The zero-order valence-electron chi connectivity index (χ0n) is 25.3. The van der Waals surface area contributed by atoms with Gasteiger partial charge in [-0.25, -0.2) is 4.79 Å². The molecule has 1 amide bonds. The topological polar surface area (TPSA) is 72.9 Å². The third-order valence-corrected chi connectivity index (χ3v) is 7.22. The van der Waals surface area contributed by atoms with E-state index in [9.17, 15) is 4.79 Å². The van der Waals surface area contributed by atoms with Gasteiger partial charge in [0.15, 0.2) is 0 Å². The number of hydrogen-bond acceptors (Lipinski definition) is 6. The SMILES string of the molecule is CC(C)(C)OC(=O)N1CCC[C@@H](CNc2cccc(-c3ccc(OCc4ccccc4)nc3OCc3ccccc3)c2)C1. The molecule has 43 heavy (non-hydrogen) atoms. The molecule has 7 heteroatoms. The van der Waals surface area contributed by atoms with Crippen LogP contribution < -0.4 is 14.8 Å². The van der Waals surface area contributed by atoms with Gasteiger partial charge in [0.1, 0.15) is 18.8 Å². The standard InChI is InChI=1S/C36H41N3O4/c1-36(2,3)43-35(40)39-21-11-16-29(24-39)23-37-31-18-10-17-30(22-31)32-19-20-33(41-25-27-12-6-4-7-13-27)38-34(32)42-26-28-14-8-5-9-15-28/h4-10,12-15,17-20,22,29,37H,11,16,21,23-26H2,1-3H3/t29-/m0/s1. The molecule has 0 bridgehead atoms. The molecule has 0 radical (unpaired) electrons. The minimum absolute atomic E-state index is 0.231. The molecule has 0 spiro atoms. The van der Waals surface area contributed by atoms with Gasteiger partial charge in [-0.15, -0.1) is 0 Å². The average molecular weight is 580 g/mol. The Labute approximate surface area is 254 Å². The van der Waals surface area contributed by atoms with Gasteiger partial charge in [0.05, 0.1) is 0 Å². The van der Waals surface area contributed by atoms with E-state index in [-0.39, 0.29) is 6.09 Å². The minimum Gasteiger partial charge on any atom is -0.473 e. The van der Waals surface area contributed by atoms with Gasteiger partial charge in [0.2, 0.25) is 11.8 Å². The number of pyridine rings is 1. The van der Waals surface area contributed by atoms with Gasteiger partial charge >= 0.3 is 6.09 Å². The van der Waals surface area contributed by atoms with E-state index in [1.54, 1.807) is 0 Å². The van der Waals surface area contributed by atoms with Crippen LogP contribution in [0.3, 0.4) is 0 Å². The number of benzene rings is 3. The molecule has 1 atom stereocenters. The number of anilines is 1. The molecule has 4 aromatic rings. The Morgan fingerprint density at radius 3 is 2.28 bits per heavy atom. The van der Waals surface area contributed by atoms with E-state index < -0.39 is 5.60 Å². The van der Waals surface area contributed by atoms with Crippen LogP contribution in [0.5, 0.6) is 11.8 Å². The fourth-order valence-corrected chi connectivity index (χ4v) is 5.07. The number of piperidine rings is 1. The first-order valence-corrected chi connectivity index (χ1v) is 15.0. The molecule has 7 nitrogen and oxygen atoms in total. The van der Waals surface area contributed by atoms with Crippen LogP contribution in [-0.4, -0.2) is 41.2 Å². The first-order valence-electron chi connectivity index (χ1n) is 15.0. The number of amides is 1. The van der Waals surface area contributed by atoms with E-state index in [1.807, 2.05) is 105 Å². The number of likely N-dealkylation sites (tertiary alicyclic amines) is 1. The van der Waals surface area contributed by atoms with E-state index in [2.05, 4.69) is 23.5 Å². The molecule has 0 aliphatic carbocycles. The van der Waals surface area contributed by atoms with E-state index in [0.717, 1.165) is 53.9 Å². The van der Waals surface area contributed by atoms with Crippen molar-refractivity contribution in [3.63, 3.8) is 0 Å². The zero-order chi connectivity index (χ0) is 30.1. The molecule has 1 fully saturated rings. The highest BCUT2D eigenvalue weighted by Gasteiger charge is 2.27. The maximum atomic E-state index is 12.6. The van der Waals surface area contributed by atoms with Crippen LogP contribution in [0.25, 0.3) is 11.1 Å². The van der Waals surface area contributed by atoms with Crippen molar-refractivity contribution in [2.24, 2.45) is 5.92 Å². The molecule has 1 N–H and O–H groups in total. The molecule has 0 saturated carbocycles. The van der Waals surface area contributed by atoms with Crippen molar-refractivity contribution < 1.29 is 19.0 Å². The second-order valence-corrected chi connectivity index (χ2v) is 11.9. The summed E-state index contributed by atoms with van der Waals surface area (Å²) < 4.78 is 17.9. The van der Waals surface area contributed by atoms with Crippen LogP contribution in [0, 0.1) is 5.92 Å². The Bertz CT molecular complexity index is 1470. The molecule has 5 rings (SSSR count). The third kappa shape index (κ3) is 8.98. The summed E-state index contributed by atoms with van der Waals surface area (Å²) in [4.78, 5) is 19.2. The Morgan fingerprint density at radius 2 is 1.58 bits per heavy atom. The summed E-state index contributed by atoms with van der Waals surface area (Å²) in [5, 5.41) is 3.59. The number of rotatable bonds is 10. The number of carbonyl (C=O) groups is 1. The van der Waals surface area contributed by atoms with E-state index >= 15 is 0 Å². The Hall–Kier alpha value is -4.52. The van der Waals surface area contributed by atoms with Crippen molar-refractivity contribution in [3.8, 4) is 22.9 Å². The zero-order valence-corrected chi connectivity index (χ0v) is 25.3. The maximum Gasteiger partial charge on any atom is 0.410 e. The highest BCUT2D eigenvalue weighted by molar-refractivity contribution is 5.72. The van der Waals surface area contributed by atoms with Crippen molar-refractivity contribution in [2.75, 3.05) is 25.0 Å². The van der Waals surface area contributed by atoms with Crippen LogP contribution in [0.15, 0.2) is 97.1 Å². The Kier molecular flexibility index (Phi) is 9.82. The molecule has 1 aliphatic rings. The van der Waals surface area contributed by atoms with Gasteiger partial charge in [0.25, 0.3) is 0 Å². The number of carbonyl (C=O) groups excluding carboxylic acids is 1. The summed E-state index contributed by atoms with van der Waals surface area (Å²) in [5.74, 6) is 1.38. The summed E-state index contributed by atoms with van der Waals surface area (Å²) in [5.41, 5.74) is 4.54. The predicted octanol–water partition coefficient (Wildman–Crippen LogP) is 7.97. The number of ether oxygens (including phenoxy) is 3. The van der Waals surface area contributed by atoms with E-state index in [4.69, 9.17) is 19.2 Å². The summed E-state index contributed by atoms with van der Waals surface area (Å²) >= 11 is 0. The van der Waals surface area contributed by atoms with Gasteiger partial charge < -0.3 is 24.4 Å². The third-order valence-electron chi connectivity index (χ3n) is 7.22. The maximum absolute atomic E-state index is 12.6. The number of nitrogens with zero attached hydrogens (tertiary/aromatic N) is 2. The fourth-order valence-electron chi connectivity index (χ4n) is 5.07. The van der Waals surface area contributed by atoms with Crippen molar-refractivity contribution >= 4 is 11.8 Å². The number of nitrogens with one attached hydrogen (secondary N) is 1. The highest BCUT2D eigenvalue weighted by atomic mass is 16.6. The Morgan fingerprint density at radius 1 is 0.884 bits per heavy atom. The molecule has 1 aromatic heterocycles. The first kappa shape index (κ1) is 30.0. The molecule has 2 heterocycles. The van der Waals surface area contributed by atoms with Crippen molar-refractivity contribution in [1.82, 2.24) is 9.88 Å². The molecule has 1 aliphatic heterocycles. The monoisotopic (exact) mass is 579 g/mol. The summed E-state index contributed by atoms with van der Waals surface area (Å²) in [6.45, 7) is 8.73. The predicted molar refractivity (Wildman–Crippen MR) is 170 cm³/mol. The molecule has 1 saturated heterocycles. The van der Waals surface area contributed by atoms with Crippen LogP contribution in [0.1, 0.15) is 44.7 Å². The lowest BCUT2D eigenvalue weighted by Gasteiger charge is -2.34. The van der Waals surface area contributed by atoms with Gasteiger partial charge in [-0.05, 0) is 74.4 Å². The Balaban J connectivity index is 1.28. The number of hydrogen-bond donors (Lipinski definition) is 1. The lowest BCUT2D eigenvalue weighted by molar-refractivity contribution is 0.0172. The fraction of sp³-hybridized carbons (Fsp3) is 0.333. The van der Waals surface area contributed by atoms with Gasteiger partial charge in [-0.1, -0.05) is 72.8 Å². The lowest BCUT2D eigenvalue weighted by Crippen LogP contribution is -2.44. The summed E-state index contributed by atoms with van der Waals surface area (Å²) in [6.07, 6.45) is 1.81. The highest BCUT2D eigenvalue weighted by Crippen LogP contribution is 2.33. The second-order valence-electron chi connectivity index (χ2n) is 11.9. The second kappa shape index (κ2) is 14.1. The van der Waals surface area contributed by atoms with Crippen LogP contribution in [0.4, 0.5) is 10.5 Å². The van der Waals surface area contributed by atoms with Gasteiger partial charge in [-0.2, -0.15) is 4.98 Å². The summed E-state index contributed by atoms with van der Waals surface area (Å²) in [6, 6.07) is 32.3. The smallest absolute Gasteiger partial charge is 0.410 e. The van der Waals surface area contributed by atoms with Crippen LogP contribution in [-0.2, 0) is 18.0 Å². The first-order chi connectivity index (χ1) is 20.8. The van der Waals surface area contributed by atoms with Crippen molar-refractivity contribution in [1.29, 1.82) is 0 Å². The average Bonchev–Trinajstić information content (AvgIpc) is 3.02. The van der Waals surface area contributed by atoms with Crippen molar-refractivity contribution in [3.05, 3.63) is 108 Å². The van der Waals surface area contributed by atoms with E-state index in [1.165, 1.54) is 0 Å².